The summed E-state index contributed by atoms with van der Waals surface area (Å²) in [5.41, 5.74) is 4.17. The van der Waals surface area contributed by atoms with Crippen molar-refractivity contribution in [2.45, 2.75) is 77.3 Å². The second-order valence-corrected chi connectivity index (χ2v) is 13.0. The van der Waals surface area contributed by atoms with Crippen molar-refractivity contribution in [1.82, 2.24) is 24.8 Å². The average molecular weight is 610 g/mol. The summed E-state index contributed by atoms with van der Waals surface area (Å²) < 4.78 is 41.0. The summed E-state index contributed by atoms with van der Waals surface area (Å²) in [4.78, 5) is 22.9. The van der Waals surface area contributed by atoms with E-state index in [1.807, 2.05) is 6.07 Å². The van der Waals surface area contributed by atoms with Gasteiger partial charge in [0.25, 0.3) is 0 Å². The molecule has 1 aromatic carbocycles. The van der Waals surface area contributed by atoms with E-state index in [0.29, 0.717) is 33.5 Å². The normalized spacial score (nSPS) is 19.8. The maximum atomic E-state index is 13.0. The fourth-order valence-electron chi connectivity index (χ4n) is 6.50. The summed E-state index contributed by atoms with van der Waals surface area (Å²) in [6.07, 6.45) is -0.815. The molecule has 8 nitrogen and oxygen atoms in total. The molecule has 3 aromatic heterocycles. The Morgan fingerprint density at radius 2 is 1.88 bits per heavy atom. The van der Waals surface area contributed by atoms with Gasteiger partial charge >= 0.3 is 6.18 Å². The molecule has 2 fully saturated rings. The molecule has 0 radical (unpaired) electrons. The second kappa shape index (κ2) is 11.8. The van der Waals surface area contributed by atoms with Crippen molar-refractivity contribution >= 4 is 44.7 Å². The van der Waals surface area contributed by atoms with Crippen LogP contribution in [-0.4, -0.2) is 57.2 Å². The molecular weight excluding hydrogens is 575 g/mol. The number of nitriles is 1. The number of likely N-dealkylation sites (tertiary alicyclic amines) is 1. The fraction of sp³-hybridized carbons (Fsp3) is 0.484. The molecule has 6 rings (SSSR count). The van der Waals surface area contributed by atoms with E-state index in [9.17, 15) is 23.2 Å². The number of hydrogen-bond acceptors (Lipinski definition) is 7. The lowest BCUT2D eigenvalue weighted by Gasteiger charge is -2.35. The Hall–Kier alpha value is -3.69. The van der Waals surface area contributed by atoms with Crippen LogP contribution in [-0.2, 0) is 24.3 Å². The van der Waals surface area contributed by atoms with Crippen LogP contribution in [0.3, 0.4) is 0 Å². The molecule has 12 heteroatoms. The van der Waals surface area contributed by atoms with Gasteiger partial charge in [-0.1, -0.05) is 6.07 Å². The van der Waals surface area contributed by atoms with Crippen LogP contribution in [0.15, 0.2) is 24.3 Å². The lowest BCUT2D eigenvalue weighted by atomic mass is 9.80. The number of aryl methyl sites for hydroxylation is 2. The lowest BCUT2D eigenvalue weighted by Crippen LogP contribution is -2.42. The van der Waals surface area contributed by atoms with Gasteiger partial charge in [-0.2, -0.15) is 18.4 Å². The number of piperidine rings is 1. The molecule has 4 aromatic rings. The Kier molecular flexibility index (Phi) is 8.04. The molecule has 0 unspecified atom stereocenters. The van der Waals surface area contributed by atoms with Gasteiger partial charge in [0.2, 0.25) is 6.41 Å². The van der Waals surface area contributed by atoms with Crippen LogP contribution < -0.4 is 10.6 Å². The van der Waals surface area contributed by atoms with Crippen LogP contribution in [0.5, 0.6) is 0 Å². The van der Waals surface area contributed by atoms with E-state index in [1.165, 1.54) is 11.1 Å². The zero-order valence-corrected chi connectivity index (χ0v) is 25.0. The number of nitrogens with zero attached hydrogens (tertiary/aromatic N) is 5. The number of nitrogens with one attached hydrogen (secondary N) is 2. The molecule has 1 amide bonds. The quantitative estimate of drug-likeness (QED) is 0.232. The zero-order chi connectivity index (χ0) is 30.3. The Morgan fingerprint density at radius 3 is 2.58 bits per heavy atom. The summed E-state index contributed by atoms with van der Waals surface area (Å²) in [6.45, 7) is 7.24. The van der Waals surface area contributed by atoms with Crippen molar-refractivity contribution in [1.29, 1.82) is 5.26 Å². The first-order valence-corrected chi connectivity index (χ1v) is 15.5. The fourth-order valence-corrected chi connectivity index (χ4v) is 7.60. The highest BCUT2D eigenvalue weighted by Crippen LogP contribution is 2.35. The van der Waals surface area contributed by atoms with Crippen molar-refractivity contribution in [3.05, 3.63) is 51.8 Å². The first-order chi connectivity index (χ1) is 20.6. The molecule has 0 bridgehead atoms. The monoisotopic (exact) mass is 609 g/mol. The number of fused-ring (bicyclic) bond motifs is 2. The largest absolute Gasteiger partial charge is 0.393 e. The van der Waals surface area contributed by atoms with Gasteiger partial charge in [-0.25, -0.2) is 9.97 Å². The predicted octanol–water partition coefficient (Wildman–Crippen LogP) is 5.84. The van der Waals surface area contributed by atoms with E-state index in [4.69, 9.17) is 0 Å². The molecule has 43 heavy (non-hydrogen) atoms. The molecule has 0 atom stereocenters. The number of carbonyl (C=O) groups excluding carboxylic acids is 1. The van der Waals surface area contributed by atoms with Crippen LogP contribution in [0.4, 0.5) is 19.0 Å². The number of benzene rings is 1. The molecule has 1 saturated carbocycles. The number of carbonyl (C=O) groups is 1. The number of hydrogen-bond donors (Lipinski definition) is 2. The number of alkyl halides is 3. The van der Waals surface area contributed by atoms with E-state index in [1.54, 1.807) is 13.0 Å². The predicted molar refractivity (Wildman–Crippen MR) is 161 cm³/mol. The Morgan fingerprint density at radius 1 is 1.12 bits per heavy atom. The lowest BCUT2D eigenvalue weighted by molar-refractivity contribution is -0.126. The Labute approximate surface area is 251 Å². The molecular formula is C31H34F3N7OS. The summed E-state index contributed by atoms with van der Waals surface area (Å²) in [5.74, 6) is 1.60. The second-order valence-electron chi connectivity index (χ2n) is 11.9. The molecule has 4 heterocycles. The van der Waals surface area contributed by atoms with Crippen LogP contribution in [0.1, 0.15) is 53.2 Å². The third-order valence-corrected chi connectivity index (χ3v) is 9.84. The summed E-state index contributed by atoms with van der Waals surface area (Å²) in [7, 11) is 0. The zero-order valence-electron chi connectivity index (χ0n) is 24.2. The van der Waals surface area contributed by atoms with Gasteiger partial charge in [-0.15, -0.1) is 11.3 Å². The van der Waals surface area contributed by atoms with Crippen molar-refractivity contribution < 1.29 is 18.0 Å². The molecule has 1 aliphatic heterocycles. The highest BCUT2D eigenvalue weighted by Gasteiger charge is 2.31. The molecule has 0 spiro atoms. The highest BCUT2D eigenvalue weighted by atomic mass is 32.1. The van der Waals surface area contributed by atoms with Crippen LogP contribution in [0.25, 0.3) is 21.1 Å². The van der Waals surface area contributed by atoms with Gasteiger partial charge < -0.3 is 15.2 Å². The molecule has 2 aliphatic rings. The third kappa shape index (κ3) is 6.33. The van der Waals surface area contributed by atoms with Gasteiger partial charge in [0.15, 0.2) is 0 Å². The third-order valence-electron chi connectivity index (χ3n) is 8.81. The van der Waals surface area contributed by atoms with E-state index >= 15 is 0 Å². The summed E-state index contributed by atoms with van der Waals surface area (Å²) in [5, 5.41) is 17.9. The average Bonchev–Trinajstić information content (AvgIpc) is 3.49. The summed E-state index contributed by atoms with van der Waals surface area (Å²) >= 11 is 1.08. The SMILES string of the molecule is Cc1nc(NC2CCN(Cc3ccc4c(cc(C#N)n4CC4CC(NC=O)C4)c3C)CC2)c2cc(CC(F)(F)F)sc2n1. The Bertz CT molecular complexity index is 1690. The van der Waals surface area contributed by atoms with Crippen LogP contribution in [0, 0.1) is 31.1 Å². The molecule has 1 aliphatic carbocycles. The number of anilines is 1. The van der Waals surface area contributed by atoms with Gasteiger partial charge in [0.1, 0.15) is 28.2 Å². The number of aromatic nitrogens is 3. The minimum Gasteiger partial charge on any atom is -0.367 e. The van der Waals surface area contributed by atoms with Gasteiger partial charge in [-0.05, 0) is 74.8 Å². The van der Waals surface area contributed by atoms with Crippen LogP contribution >= 0.6 is 11.3 Å². The van der Waals surface area contributed by atoms with Gasteiger partial charge in [0, 0.05) is 54.0 Å². The van der Waals surface area contributed by atoms with Crippen molar-refractivity contribution in [2.75, 3.05) is 18.4 Å². The van der Waals surface area contributed by atoms with Gasteiger partial charge in [0.05, 0.1) is 11.8 Å². The minimum atomic E-state index is -4.26. The highest BCUT2D eigenvalue weighted by molar-refractivity contribution is 7.18. The summed E-state index contributed by atoms with van der Waals surface area (Å²) in [6, 6.07) is 10.6. The van der Waals surface area contributed by atoms with Crippen molar-refractivity contribution in [2.24, 2.45) is 5.92 Å². The van der Waals surface area contributed by atoms with E-state index < -0.39 is 12.6 Å². The molecule has 226 valence electrons. The number of thiophene rings is 1. The standard InChI is InChI=1S/C31H34F3N7OS/c1-18-21(3-4-28-26(18)11-24(14-35)41(28)15-20-9-23(10-20)36-17-42)16-40-7-5-22(6-8-40)39-29-27-12-25(13-31(32,33)34)43-30(27)38-19(2)37-29/h3-4,11-12,17,20,22-23H,5-10,13,15-16H2,1-2H3,(H,36,42)(H,37,38,39). The minimum absolute atomic E-state index is 0.170. The molecule has 1 saturated heterocycles. The smallest absolute Gasteiger partial charge is 0.367 e. The van der Waals surface area contributed by atoms with Crippen molar-refractivity contribution in [3.63, 3.8) is 0 Å². The van der Waals surface area contributed by atoms with E-state index in [2.05, 4.69) is 55.2 Å². The Balaban J connectivity index is 1.10. The number of rotatable bonds is 9. The van der Waals surface area contributed by atoms with Crippen molar-refractivity contribution in [3.8, 4) is 6.07 Å². The first-order valence-electron chi connectivity index (χ1n) is 14.6. The first kappa shape index (κ1) is 29.4. The van der Waals surface area contributed by atoms with Crippen LogP contribution in [0.2, 0.25) is 0 Å². The topological polar surface area (TPSA) is 98.9 Å². The van der Waals surface area contributed by atoms with Gasteiger partial charge in [-0.3, -0.25) is 9.69 Å². The maximum absolute atomic E-state index is 13.0. The van der Waals surface area contributed by atoms with E-state index in [-0.39, 0.29) is 17.0 Å². The number of halogens is 3. The maximum Gasteiger partial charge on any atom is 0.393 e. The van der Waals surface area contributed by atoms with E-state index in [0.717, 1.165) is 80.5 Å². The molecule has 2 N–H and O–H groups in total. The number of amides is 1.